The van der Waals surface area contributed by atoms with E-state index in [1.54, 1.807) is 7.05 Å². The first-order valence-corrected chi connectivity index (χ1v) is 6.85. The Morgan fingerprint density at radius 2 is 1.70 bits per heavy atom. The van der Waals surface area contributed by atoms with Gasteiger partial charge in [-0.25, -0.2) is 4.98 Å². The van der Waals surface area contributed by atoms with Crippen LogP contribution in [0.5, 0.6) is 0 Å². The Labute approximate surface area is 118 Å². The van der Waals surface area contributed by atoms with Crippen molar-refractivity contribution in [2.24, 2.45) is 5.92 Å². The van der Waals surface area contributed by atoms with E-state index in [1.807, 2.05) is 6.92 Å². The average molecular weight is 289 g/mol. The minimum Gasteiger partial charge on any atom is -0.373 e. The van der Waals surface area contributed by atoms with Crippen LogP contribution in [0.3, 0.4) is 0 Å². The Hall–Kier alpha value is -1.46. The lowest BCUT2D eigenvalue weighted by Gasteiger charge is -2.23. The standard InChI is InChI=1S/C14H22F3N3/c1-5-10(6-2)9(3)19-13-8-11(14(15,16)17)7-12(18-4)20-13/h7-10H,5-6H2,1-4H3,(H2,18,19,20). The highest BCUT2D eigenvalue weighted by Crippen LogP contribution is 2.32. The minimum absolute atomic E-state index is 0.0747. The van der Waals surface area contributed by atoms with Crippen LogP contribution in [-0.4, -0.2) is 18.1 Å². The summed E-state index contributed by atoms with van der Waals surface area (Å²) in [5.74, 6) is 0.868. The maximum atomic E-state index is 12.8. The minimum atomic E-state index is -4.37. The molecule has 0 saturated carbocycles. The number of nitrogens with one attached hydrogen (secondary N) is 2. The van der Waals surface area contributed by atoms with E-state index in [1.165, 1.54) is 0 Å². The van der Waals surface area contributed by atoms with Crippen molar-refractivity contribution < 1.29 is 13.2 Å². The fraction of sp³-hybridized carbons (Fsp3) is 0.643. The van der Waals surface area contributed by atoms with Gasteiger partial charge < -0.3 is 10.6 Å². The molecule has 1 atom stereocenters. The highest BCUT2D eigenvalue weighted by Gasteiger charge is 2.31. The number of aromatic nitrogens is 1. The third-order valence-electron chi connectivity index (χ3n) is 3.54. The van der Waals surface area contributed by atoms with Gasteiger partial charge in [-0.1, -0.05) is 26.7 Å². The predicted octanol–water partition coefficient (Wildman–Crippen LogP) is 4.38. The number of alkyl halides is 3. The lowest BCUT2D eigenvalue weighted by atomic mass is 9.95. The second-order valence-corrected chi connectivity index (χ2v) is 4.88. The zero-order valence-electron chi connectivity index (χ0n) is 12.3. The molecule has 114 valence electrons. The second kappa shape index (κ2) is 6.81. The smallest absolute Gasteiger partial charge is 0.373 e. The van der Waals surface area contributed by atoms with Gasteiger partial charge in [-0.05, 0) is 25.0 Å². The molecule has 1 heterocycles. The molecule has 6 heteroatoms. The number of hydrogen-bond acceptors (Lipinski definition) is 3. The maximum Gasteiger partial charge on any atom is 0.416 e. The average Bonchev–Trinajstić information content (AvgIpc) is 2.38. The molecular formula is C14H22F3N3. The summed E-state index contributed by atoms with van der Waals surface area (Å²) in [4.78, 5) is 4.13. The molecule has 1 rings (SSSR count). The number of hydrogen-bond donors (Lipinski definition) is 2. The highest BCUT2D eigenvalue weighted by atomic mass is 19.4. The molecule has 1 aromatic rings. The summed E-state index contributed by atoms with van der Waals surface area (Å²) in [6.45, 7) is 6.12. The zero-order chi connectivity index (χ0) is 15.3. The predicted molar refractivity (Wildman–Crippen MR) is 75.9 cm³/mol. The van der Waals surface area contributed by atoms with Crippen LogP contribution in [-0.2, 0) is 6.18 Å². The molecule has 0 aliphatic rings. The molecule has 0 saturated heterocycles. The van der Waals surface area contributed by atoms with Gasteiger partial charge in [0.2, 0.25) is 0 Å². The fourth-order valence-corrected chi connectivity index (χ4v) is 2.24. The van der Waals surface area contributed by atoms with Gasteiger partial charge in [0.05, 0.1) is 5.56 Å². The molecule has 20 heavy (non-hydrogen) atoms. The van der Waals surface area contributed by atoms with Crippen molar-refractivity contribution in [1.82, 2.24) is 4.98 Å². The van der Waals surface area contributed by atoms with Gasteiger partial charge in [-0.2, -0.15) is 13.2 Å². The Bertz CT molecular complexity index is 428. The van der Waals surface area contributed by atoms with Crippen molar-refractivity contribution >= 4 is 11.6 Å². The molecule has 3 nitrogen and oxygen atoms in total. The van der Waals surface area contributed by atoms with Crippen molar-refractivity contribution in [3.05, 3.63) is 17.7 Å². The molecule has 0 aromatic carbocycles. The number of nitrogens with zero attached hydrogens (tertiary/aromatic N) is 1. The molecule has 0 aliphatic heterocycles. The molecule has 0 bridgehead atoms. The van der Waals surface area contributed by atoms with E-state index >= 15 is 0 Å². The topological polar surface area (TPSA) is 37.0 Å². The number of rotatable bonds is 6. The quantitative estimate of drug-likeness (QED) is 0.816. The number of halogens is 3. The lowest BCUT2D eigenvalue weighted by Crippen LogP contribution is -2.26. The van der Waals surface area contributed by atoms with Crippen molar-refractivity contribution in [3.8, 4) is 0 Å². The molecule has 0 amide bonds. The van der Waals surface area contributed by atoms with Crippen LogP contribution in [0.15, 0.2) is 12.1 Å². The summed E-state index contributed by atoms with van der Waals surface area (Å²) in [7, 11) is 1.55. The molecule has 2 N–H and O–H groups in total. The van der Waals surface area contributed by atoms with Crippen LogP contribution in [0.4, 0.5) is 24.8 Å². The fourth-order valence-electron chi connectivity index (χ4n) is 2.24. The lowest BCUT2D eigenvalue weighted by molar-refractivity contribution is -0.137. The third-order valence-corrected chi connectivity index (χ3v) is 3.54. The van der Waals surface area contributed by atoms with Crippen LogP contribution in [0, 0.1) is 5.92 Å². The van der Waals surface area contributed by atoms with Crippen LogP contribution in [0.1, 0.15) is 39.2 Å². The van der Waals surface area contributed by atoms with Crippen LogP contribution >= 0.6 is 0 Å². The van der Waals surface area contributed by atoms with Gasteiger partial charge in [0.1, 0.15) is 11.6 Å². The van der Waals surface area contributed by atoms with E-state index in [-0.39, 0.29) is 17.7 Å². The Morgan fingerprint density at radius 3 is 2.15 bits per heavy atom. The van der Waals surface area contributed by atoms with Crippen molar-refractivity contribution in [3.63, 3.8) is 0 Å². The Kier molecular flexibility index (Phi) is 5.65. The largest absolute Gasteiger partial charge is 0.416 e. The molecule has 0 spiro atoms. The van der Waals surface area contributed by atoms with Crippen LogP contribution in [0.2, 0.25) is 0 Å². The first-order chi connectivity index (χ1) is 9.31. The van der Waals surface area contributed by atoms with Crippen molar-refractivity contribution in [1.29, 1.82) is 0 Å². The van der Waals surface area contributed by atoms with Crippen LogP contribution < -0.4 is 10.6 Å². The summed E-state index contributed by atoms with van der Waals surface area (Å²) < 4.78 is 38.5. The van der Waals surface area contributed by atoms with Gasteiger partial charge in [-0.3, -0.25) is 0 Å². The second-order valence-electron chi connectivity index (χ2n) is 4.88. The van der Waals surface area contributed by atoms with E-state index in [0.29, 0.717) is 5.92 Å². The van der Waals surface area contributed by atoms with E-state index in [9.17, 15) is 13.2 Å². The Balaban J connectivity index is 3.00. The van der Waals surface area contributed by atoms with Gasteiger partial charge in [0.25, 0.3) is 0 Å². The van der Waals surface area contributed by atoms with Crippen molar-refractivity contribution in [2.45, 2.75) is 45.8 Å². The molecule has 1 unspecified atom stereocenters. The normalized spacial score (nSPS) is 13.4. The molecular weight excluding hydrogens is 267 g/mol. The molecule has 1 aromatic heterocycles. The summed E-state index contributed by atoms with van der Waals surface area (Å²) in [5, 5.41) is 5.74. The van der Waals surface area contributed by atoms with E-state index in [0.717, 1.165) is 25.0 Å². The van der Waals surface area contributed by atoms with Crippen molar-refractivity contribution in [2.75, 3.05) is 17.7 Å². The van der Waals surface area contributed by atoms with Gasteiger partial charge >= 0.3 is 6.18 Å². The van der Waals surface area contributed by atoms with Gasteiger partial charge in [0, 0.05) is 13.1 Å². The SMILES string of the molecule is CCC(CC)C(C)Nc1cc(C(F)(F)F)cc(NC)n1. The monoisotopic (exact) mass is 289 g/mol. The Morgan fingerprint density at radius 1 is 1.15 bits per heavy atom. The zero-order valence-corrected chi connectivity index (χ0v) is 12.3. The van der Waals surface area contributed by atoms with E-state index < -0.39 is 11.7 Å². The third kappa shape index (κ3) is 4.28. The van der Waals surface area contributed by atoms with E-state index in [2.05, 4.69) is 29.5 Å². The summed E-state index contributed by atoms with van der Waals surface area (Å²) in [6, 6.07) is 2.14. The summed E-state index contributed by atoms with van der Waals surface area (Å²) in [6.07, 6.45) is -2.42. The van der Waals surface area contributed by atoms with Crippen LogP contribution in [0.25, 0.3) is 0 Å². The van der Waals surface area contributed by atoms with Gasteiger partial charge in [0.15, 0.2) is 0 Å². The van der Waals surface area contributed by atoms with Gasteiger partial charge in [-0.15, -0.1) is 0 Å². The van der Waals surface area contributed by atoms with E-state index in [4.69, 9.17) is 0 Å². The summed E-state index contributed by atoms with van der Waals surface area (Å²) in [5.41, 5.74) is -0.698. The maximum absolute atomic E-state index is 12.8. The molecule has 0 radical (unpaired) electrons. The number of pyridine rings is 1. The molecule has 0 aliphatic carbocycles. The number of anilines is 2. The first-order valence-electron chi connectivity index (χ1n) is 6.85. The molecule has 0 fully saturated rings. The highest BCUT2D eigenvalue weighted by molar-refractivity contribution is 5.50. The summed E-state index contributed by atoms with van der Waals surface area (Å²) >= 11 is 0. The first kappa shape index (κ1) is 16.6.